The van der Waals surface area contributed by atoms with Gasteiger partial charge in [-0.25, -0.2) is 4.79 Å². The lowest BCUT2D eigenvalue weighted by Gasteiger charge is -2.32. The molecule has 0 radical (unpaired) electrons. The van der Waals surface area contributed by atoms with Crippen LogP contribution in [0, 0.1) is 0 Å². The van der Waals surface area contributed by atoms with Crippen LogP contribution in [0.3, 0.4) is 0 Å². The number of likely N-dealkylation sites (tertiary alicyclic amines) is 1. The van der Waals surface area contributed by atoms with Gasteiger partial charge in [0.15, 0.2) is 0 Å². The Bertz CT molecular complexity index is 641. The van der Waals surface area contributed by atoms with E-state index in [0.29, 0.717) is 13.2 Å². The number of ether oxygens (including phenoxy) is 1. The van der Waals surface area contributed by atoms with Crippen LogP contribution in [0.25, 0.3) is 0 Å². The fourth-order valence-electron chi connectivity index (χ4n) is 2.80. The average molecular weight is 314 g/mol. The van der Waals surface area contributed by atoms with Crippen LogP contribution in [0.4, 0.5) is 10.5 Å². The second-order valence-electron chi connectivity index (χ2n) is 5.87. The van der Waals surface area contributed by atoms with E-state index in [-0.39, 0.29) is 12.1 Å². The number of benzene rings is 1. The maximum Gasteiger partial charge on any atom is 0.410 e. The van der Waals surface area contributed by atoms with E-state index in [2.05, 4.69) is 10.4 Å². The van der Waals surface area contributed by atoms with Crippen molar-refractivity contribution in [2.45, 2.75) is 25.5 Å². The second kappa shape index (κ2) is 7.17. The highest BCUT2D eigenvalue weighted by molar-refractivity contribution is 5.68. The van der Waals surface area contributed by atoms with E-state index in [1.165, 1.54) is 0 Å². The Balaban J connectivity index is 1.50. The van der Waals surface area contributed by atoms with Crippen molar-refractivity contribution in [3.63, 3.8) is 0 Å². The fraction of sp³-hybridized carbons (Fsp3) is 0.412. The average Bonchev–Trinajstić information content (AvgIpc) is 2.99. The van der Waals surface area contributed by atoms with Gasteiger partial charge in [-0.05, 0) is 18.4 Å². The number of nitrogens with one attached hydrogen (secondary N) is 1. The number of rotatable bonds is 4. The number of amides is 1. The van der Waals surface area contributed by atoms with Crippen molar-refractivity contribution in [2.24, 2.45) is 7.05 Å². The minimum Gasteiger partial charge on any atom is -0.445 e. The summed E-state index contributed by atoms with van der Waals surface area (Å²) < 4.78 is 7.17. The third-order valence-electron chi connectivity index (χ3n) is 3.96. The Morgan fingerprint density at radius 3 is 2.96 bits per heavy atom. The van der Waals surface area contributed by atoms with Gasteiger partial charge in [0.1, 0.15) is 6.61 Å². The molecule has 1 unspecified atom stereocenters. The molecule has 23 heavy (non-hydrogen) atoms. The number of hydrogen-bond donors (Lipinski definition) is 1. The molecule has 1 N–H and O–H groups in total. The number of nitrogens with zero attached hydrogens (tertiary/aromatic N) is 3. The van der Waals surface area contributed by atoms with Crippen molar-refractivity contribution < 1.29 is 9.53 Å². The summed E-state index contributed by atoms with van der Waals surface area (Å²) in [6.07, 6.45) is 5.50. The van der Waals surface area contributed by atoms with Gasteiger partial charge in [0, 0.05) is 32.4 Å². The number of carbonyl (C=O) groups is 1. The third kappa shape index (κ3) is 4.25. The molecular formula is C17H22N4O2. The predicted octanol–water partition coefficient (Wildman–Crippen LogP) is 2.63. The van der Waals surface area contributed by atoms with Crippen LogP contribution < -0.4 is 5.32 Å². The Morgan fingerprint density at radius 1 is 1.39 bits per heavy atom. The number of aryl methyl sites for hydroxylation is 1. The van der Waals surface area contributed by atoms with Crippen LogP contribution in [0.5, 0.6) is 0 Å². The molecule has 1 aromatic heterocycles. The van der Waals surface area contributed by atoms with Crippen LogP contribution in [0.2, 0.25) is 0 Å². The number of hydrogen-bond acceptors (Lipinski definition) is 4. The second-order valence-corrected chi connectivity index (χ2v) is 5.87. The van der Waals surface area contributed by atoms with Crippen LogP contribution >= 0.6 is 0 Å². The van der Waals surface area contributed by atoms with Crippen molar-refractivity contribution in [2.75, 3.05) is 18.4 Å². The van der Waals surface area contributed by atoms with Crippen LogP contribution in [0.15, 0.2) is 42.7 Å². The molecule has 0 spiro atoms. The number of aromatic nitrogens is 2. The smallest absolute Gasteiger partial charge is 0.410 e. The molecule has 0 aliphatic carbocycles. The fourth-order valence-corrected chi connectivity index (χ4v) is 2.80. The summed E-state index contributed by atoms with van der Waals surface area (Å²) in [5.74, 6) is 0. The summed E-state index contributed by atoms with van der Waals surface area (Å²) in [5.41, 5.74) is 1.99. The quantitative estimate of drug-likeness (QED) is 0.942. The van der Waals surface area contributed by atoms with Gasteiger partial charge in [-0.2, -0.15) is 5.10 Å². The molecule has 1 aromatic carbocycles. The zero-order valence-electron chi connectivity index (χ0n) is 13.3. The molecule has 1 aliphatic rings. The standard InChI is InChI=1S/C17H22N4O2/c1-20-11-16(10-18-20)19-15-8-5-9-21(12-15)17(22)23-13-14-6-3-2-4-7-14/h2-4,6-7,10-11,15,19H,5,8-9,12-13H2,1H3. The zero-order valence-corrected chi connectivity index (χ0v) is 13.3. The monoisotopic (exact) mass is 314 g/mol. The van der Waals surface area contributed by atoms with Gasteiger partial charge in [-0.3, -0.25) is 4.68 Å². The summed E-state index contributed by atoms with van der Waals surface area (Å²) >= 11 is 0. The highest BCUT2D eigenvalue weighted by atomic mass is 16.6. The van der Waals surface area contributed by atoms with E-state index in [9.17, 15) is 4.79 Å². The number of piperidine rings is 1. The number of anilines is 1. The van der Waals surface area contributed by atoms with Gasteiger partial charge in [0.05, 0.1) is 11.9 Å². The molecule has 6 nitrogen and oxygen atoms in total. The van der Waals surface area contributed by atoms with E-state index in [0.717, 1.165) is 30.6 Å². The van der Waals surface area contributed by atoms with Crippen LogP contribution in [0.1, 0.15) is 18.4 Å². The normalized spacial score (nSPS) is 17.8. The molecule has 2 heterocycles. The van der Waals surface area contributed by atoms with Crippen molar-refractivity contribution in [3.05, 3.63) is 48.3 Å². The van der Waals surface area contributed by atoms with E-state index in [1.807, 2.05) is 43.6 Å². The van der Waals surface area contributed by atoms with Crippen LogP contribution in [-0.4, -0.2) is 39.9 Å². The molecule has 1 aliphatic heterocycles. The molecule has 0 saturated carbocycles. The Hall–Kier alpha value is -2.50. The topological polar surface area (TPSA) is 59.4 Å². The van der Waals surface area contributed by atoms with Crippen molar-refractivity contribution in [1.82, 2.24) is 14.7 Å². The molecule has 1 amide bonds. The van der Waals surface area contributed by atoms with Gasteiger partial charge in [-0.15, -0.1) is 0 Å². The minimum absolute atomic E-state index is 0.234. The first-order valence-corrected chi connectivity index (χ1v) is 7.91. The Kier molecular flexibility index (Phi) is 4.80. The lowest BCUT2D eigenvalue weighted by Crippen LogP contribution is -2.45. The van der Waals surface area contributed by atoms with E-state index in [1.54, 1.807) is 15.8 Å². The first-order valence-electron chi connectivity index (χ1n) is 7.91. The first-order chi connectivity index (χ1) is 11.2. The van der Waals surface area contributed by atoms with Gasteiger partial charge >= 0.3 is 6.09 Å². The molecular weight excluding hydrogens is 292 g/mol. The largest absolute Gasteiger partial charge is 0.445 e. The molecule has 122 valence electrons. The number of carbonyl (C=O) groups excluding carboxylic acids is 1. The molecule has 1 fully saturated rings. The molecule has 1 saturated heterocycles. The summed E-state index contributed by atoms with van der Waals surface area (Å²) in [6, 6.07) is 9.98. The maximum absolute atomic E-state index is 12.2. The van der Waals surface area contributed by atoms with Crippen molar-refractivity contribution in [1.29, 1.82) is 0 Å². The molecule has 0 bridgehead atoms. The van der Waals surface area contributed by atoms with Crippen molar-refractivity contribution >= 4 is 11.8 Å². The highest BCUT2D eigenvalue weighted by Gasteiger charge is 2.24. The lowest BCUT2D eigenvalue weighted by molar-refractivity contribution is 0.0875. The van der Waals surface area contributed by atoms with Crippen LogP contribution in [-0.2, 0) is 18.4 Å². The zero-order chi connectivity index (χ0) is 16.1. The molecule has 6 heteroatoms. The molecule has 1 atom stereocenters. The highest BCUT2D eigenvalue weighted by Crippen LogP contribution is 2.16. The van der Waals surface area contributed by atoms with Gasteiger partial charge in [0.25, 0.3) is 0 Å². The summed E-state index contributed by atoms with van der Waals surface area (Å²) in [4.78, 5) is 14.0. The first kappa shape index (κ1) is 15.4. The summed E-state index contributed by atoms with van der Waals surface area (Å²) in [6.45, 7) is 1.72. The predicted molar refractivity (Wildman–Crippen MR) is 88.1 cm³/mol. The van der Waals surface area contributed by atoms with Crippen molar-refractivity contribution in [3.8, 4) is 0 Å². The summed E-state index contributed by atoms with van der Waals surface area (Å²) in [7, 11) is 1.89. The Labute approximate surface area is 136 Å². The molecule has 3 rings (SSSR count). The molecule has 2 aromatic rings. The van der Waals surface area contributed by atoms with Gasteiger partial charge in [-0.1, -0.05) is 30.3 Å². The van der Waals surface area contributed by atoms with E-state index in [4.69, 9.17) is 4.74 Å². The lowest BCUT2D eigenvalue weighted by atomic mass is 10.1. The third-order valence-corrected chi connectivity index (χ3v) is 3.96. The Morgan fingerprint density at radius 2 is 2.22 bits per heavy atom. The maximum atomic E-state index is 12.2. The van der Waals surface area contributed by atoms with E-state index < -0.39 is 0 Å². The van der Waals surface area contributed by atoms with Gasteiger partial charge in [0.2, 0.25) is 0 Å². The minimum atomic E-state index is -0.244. The van der Waals surface area contributed by atoms with Gasteiger partial charge < -0.3 is 15.0 Å². The SMILES string of the molecule is Cn1cc(NC2CCCN(C(=O)OCc3ccccc3)C2)cn1. The summed E-state index contributed by atoms with van der Waals surface area (Å²) in [5, 5.41) is 7.58. The van der Waals surface area contributed by atoms with E-state index >= 15 is 0 Å².